The lowest BCUT2D eigenvalue weighted by Gasteiger charge is -2.40. The normalized spacial score (nSPS) is 14.7. The first kappa shape index (κ1) is 14.2. The largest absolute Gasteiger partial charge is 0.492 e. The minimum Gasteiger partial charge on any atom is -0.492 e. The van der Waals surface area contributed by atoms with Gasteiger partial charge in [0.25, 0.3) is 0 Å². The van der Waals surface area contributed by atoms with Gasteiger partial charge in [-0.3, -0.25) is 4.98 Å². The Morgan fingerprint density at radius 2 is 2.13 bits per heavy atom. The monoisotopic (exact) mass is 326 g/mol. The molecule has 5 nitrogen and oxygen atoms in total. The Hall–Kier alpha value is -2.40. The summed E-state index contributed by atoms with van der Waals surface area (Å²) in [5.41, 5.74) is 0.912. The van der Waals surface area contributed by atoms with E-state index in [1.54, 1.807) is 18.7 Å². The summed E-state index contributed by atoms with van der Waals surface area (Å²) in [6.07, 6.45) is 5.07. The number of pyridine rings is 1. The van der Waals surface area contributed by atoms with Crippen molar-refractivity contribution < 1.29 is 4.74 Å². The first-order chi connectivity index (χ1) is 11.3. The van der Waals surface area contributed by atoms with Crippen molar-refractivity contribution in [1.82, 2.24) is 15.0 Å². The van der Waals surface area contributed by atoms with Crippen molar-refractivity contribution in [3.05, 3.63) is 54.1 Å². The van der Waals surface area contributed by atoms with E-state index in [4.69, 9.17) is 16.3 Å². The lowest BCUT2D eigenvalue weighted by Crippen LogP contribution is -2.49. The van der Waals surface area contributed by atoms with Gasteiger partial charge in [-0.25, -0.2) is 9.97 Å². The molecule has 3 aromatic rings. The summed E-state index contributed by atoms with van der Waals surface area (Å²) >= 11 is 6.10. The summed E-state index contributed by atoms with van der Waals surface area (Å²) in [7, 11) is 0. The predicted molar refractivity (Wildman–Crippen MR) is 90.0 cm³/mol. The van der Waals surface area contributed by atoms with Crippen molar-refractivity contribution in [2.45, 2.75) is 0 Å². The third-order valence-electron chi connectivity index (χ3n) is 3.95. The van der Waals surface area contributed by atoms with Gasteiger partial charge in [0.2, 0.25) is 0 Å². The zero-order valence-electron chi connectivity index (χ0n) is 12.4. The fraction of sp³-hybridized carbons (Fsp3) is 0.235. The molecule has 0 radical (unpaired) electrons. The number of aromatic nitrogens is 3. The van der Waals surface area contributed by atoms with E-state index >= 15 is 0 Å². The van der Waals surface area contributed by atoms with Gasteiger partial charge in [0.05, 0.1) is 18.3 Å². The average molecular weight is 327 g/mol. The Morgan fingerprint density at radius 3 is 2.96 bits per heavy atom. The number of hydrogen-bond acceptors (Lipinski definition) is 5. The summed E-state index contributed by atoms with van der Waals surface area (Å²) in [6.45, 7) is 2.52. The van der Waals surface area contributed by atoms with E-state index in [2.05, 4.69) is 19.9 Å². The Balaban J connectivity index is 1.43. The molecule has 0 aliphatic carbocycles. The number of nitrogens with zero attached hydrogens (tertiary/aromatic N) is 4. The average Bonchev–Trinajstić information content (AvgIpc) is 2.54. The quantitative estimate of drug-likeness (QED) is 0.737. The number of rotatable bonds is 4. The van der Waals surface area contributed by atoms with Crippen LogP contribution in [0, 0.1) is 5.92 Å². The molecule has 23 heavy (non-hydrogen) atoms. The lowest BCUT2D eigenvalue weighted by molar-refractivity contribution is 0.220. The molecule has 2 aromatic heterocycles. The SMILES string of the molecule is Clc1ccc2ncnc(N3CC(COc4cccnc4)C3)c2c1. The molecule has 1 aliphatic rings. The van der Waals surface area contributed by atoms with E-state index in [1.165, 1.54) is 0 Å². The highest BCUT2D eigenvalue weighted by Crippen LogP contribution is 2.30. The van der Waals surface area contributed by atoms with E-state index in [9.17, 15) is 0 Å². The number of benzene rings is 1. The highest BCUT2D eigenvalue weighted by Gasteiger charge is 2.29. The number of fused-ring (bicyclic) bond motifs is 1. The van der Waals surface area contributed by atoms with Gasteiger partial charge in [-0.1, -0.05) is 11.6 Å². The van der Waals surface area contributed by atoms with Gasteiger partial charge in [-0.15, -0.1) is 0 Å². The second-order valence-electron chi connectivity index (χ2n) is 5.63. The van der Waals surface area contributed by atoms with Crippen molar-refractivity contribution in [3.63, 3.8) is 0 Å². The zero-order chi connectivity index (χ0) is 15.6. The van der Waals surface area contributed by atoms with Crippen molar-refractivity contribution in [3.8, 4) is 5.75 Å². The van der Waals surface area contributed by atoms with E-state index in [1.807, 2.05) is 30.3 Å². The van der Waals surface area contributed by atoms with E-state index in [0.29, 0.717) is 17.5 Å². The van der Waals surface area contributed by atoms with Crippen LogP contribution in [-0.2, 0) is 0 Å². The number of halogens is 1. The molecule has 1 saturated heterocycles. The molecule has 1 fully saturated rings. The molecule has 0 bridgehead atoms. The van der Waals surface area contributed by atoms with Gasteiger partial charge in [-0.05, 0) is 30.3 Å². The molecule has 1 aliphatic heterocycles. The molecule has 0 saturated carbocycles. The van der Waals surface area contributed by atoms with Crippen LogP contribution in [0.25, 0.3) is 10.9 Å². The maximum absolute atomic E-state index is 6.10. The highest BCUT2D eigenvalue weighted by atomic mass is 35.5. The molecule has 116 valence electrons. The van der Waals surface area contributed by atoms with Crippen LogP contribution in [0.5, 0.6) is 5.75 Å². The van der Waals surface area contributed by atoms with Gasteiger partial charge in [-0.2, -0.15) is 0 Å². The minimum absolute atomic E-state index is 0.486. The van der Waals surface area contributed by atoms with Crippen LogP contribution in [-0.4, -0.2) is 34.6 Å². The summed E-state index contributed by atoms with van der Waals surface area (Å²) < 4.78 is 5.76. The van der Waals surface area contributed by atoms with Crippen LogP contribution in [0.3, 0.4) is 0 Å². The van der Waals surface area contributed by atoms with Gasteiger partial charge in [0.15, 0.2) is 0 Å². The van der Waals surface area contributed by atoms with E-state index < -0.39 is 0 Å². The minimum atomic E-state index is 0.486. The van der Waals surface area contributed by atoms with Crippen LogP contribution in [0.1, 0.15) is 0 Å². The lowest BCUT2D eigenvalue weighted by atomic mass is 10.0. The van der Waals surface area contributed by atoms with E-state index in [0.717, 1.165) is 35.6 Å². The summed E-state index contributed by atoms with van der Waals surface area (Å²) in [5, 5.41) is 1.69. The second kappa shape index (κ2) is 6.01. The molecule has 0 unspecified atom stereocenters. The number of anilines is 1. The summed E-state index contributed by atoms with van der Waals surface area (Å²) in [5.74, 6) is 2.24. The maximum Gasteiger partial charge on any atom is 0.139 e. The standard InChI is InChI=1S/C17H15ClN4O/c18-13-3-4-16-15(6-13)17(21-11-20-16)22-8-12(9-22)10-23-14-2-1-5-19-7-14/h1-7,11-12H,8-10H2. The Bertz CT molecular complexity index is 821. The smallest absolute Gasteiger partial charge is 0.139 e. The van der Waals surface area contributed by atoms with Crippen LogP contribution >= 0.6 is 11.6 Å². The molecule has 0 amide bonds. The Kier molecular flexibility index (Phi) is 3.71. The molecule has 4 rings (SSSR count). The van der Waals surface area contributed by atoms with E-state index in [-0.39, 0.29) is 0 Å². The Labute approximate surface area is 138 Å². The van der Waals surface area contributed by atoms with Crippen molar-refractivity contribution in [2.24, 2.45) is 5.92 Å². The van der Waals surface area contributed by atoms with Gasteiger partial charge < -0.3 is 9.64 Å². The molecular weight excluding hydrogens is 312 g/mol. The second-order valence-corrected chi connectivity index (χ2v) is 6.07. The van der Waals surface area contributed by atoms with Crippen molar-refractivity contribution in [2.75, 3.05) is 24.6 Å². The number of ether oxygens (including phenoxy) is 1. The predicted octanol–water partition coefficient (Wildman–Crippen LogP) is 3.19. The maximum atomic E-state index is 6.10. The molecule has 1 aromatic carbocycles. The third-order valence-corrected chi connectivity index (χ3v) is 4.19. The van der Waals surface area contributed by atoms with Crippen LogP contribution in [0.15, 0.2) is 49.1 Å². The van der Waals surface area contributed by atoms with Gasteiger partial charge in [0.1, 0.15) is 17.9 Å². The first-order valence-corrected chi connectivity index (χ1v) is 7.85. The van der Waals surface area contributed by atoms with Crippen LogP contribution in [0.2, 0.25) is 5.02 Å². The molecule has 3 heterocycles. The van der Waals surface area contributed by atoms with Crippen molar-refractivity contribution >= 4 is 28.3 Å². The number of hydrogen-bond donors (Lipinski definition) is 0. The highest BCUT2D eigenvalue weighted by molar-refractivity contribution is 6.31. The van der Waals surface area contributed by atoms with Crippen LogP contribution in [0.4, 0.5) is 5.82 Å². The van der Waals surface area contributed by atoms with Crippen LogP contribution < -0.4 is 9.64 Å². The van der Waals surface area contributed by atoms with Crippen molar-refractivity contribution in [1.29, 1.82) is 0 Å². The first-order valence-electron chi connectivity index (χ1n) is 7.47. The topological polar surface area (TPSA) is 51.1 Å². The summed E-state index contributed by atoms with van der Waals surface area (Å²) in [6, 6.07) is 9.49. The molecule has 0 atom stereocenters. The fourth-order valence-corrected chi connectivity index (χ4v) is 2.93. The molecular formula is C17H15ClN4O. The van der Waals surface area contributed by atoms with Gasteiger partial charge >= 0.3 is 0 Å². The zero-order valence-corrected chi connectivity index (χ0v) is 13.1. The third kappa shape index (κ3) is 2.92. The molecule has 0 spiro atoms. The molecule has 0 N–H and O–H groups in total. The molecule has 6 heteroatoms. The Morgan fingerprint density at radius 1 is 1.22 bits per heavy atom. The fourth-order valence-electron chi connectivity index (χ4n) is 2.76. The van der Waals surface area contributed by atoms with Gasteiger partial charge in [0, 0.05) is 35.6 Å². The summed E-state index contributed by atoms with van der Waals surface area (Å²) in [4.78, 5) is 15.0.